The molecular weight excluding hydrogens is 348 g/mol. The molecule has 0 aliphatic carbocycles. The van der Waals surface area contributed by atoms with Gasteiger partial charge in [0.1, 0.15) is 0 Å². The number of hydrogen-bond acceptors (Lipinski definition) is 3. The zero-order chi connectivity index (χ0) is 19.3. The predicted molar refractivity (Wildman–Crippen MR) is 121 cm³/mol. The van der Waals surface area contributed by atoms with Gasteiger partial charge in [-0.15, -0.1) is 0 Å². The van der Waals surface area contributed by atoms with Gasteiger partial charge in [0.2, 0.25) is 0 Å². The second-order valence-electron chi connectivity index (χ2n) is 7.73. The topological polar surface area (TPSA) is 38.7 Å². The van der Waals surface area contributed by atoms with Crippen molar-refractivity contribution in [2.45, 2.75) is 13.8 Å². The second-order valence-corrected chi connectivity index (χ2v) is 12.6. The Bertz CT molecular complexity index is 857. The molecule has 0 unspecified atom stereocenters. The SMILES string of the molecule is C/C(C[PH](C)(C)B(c1ccccn1)c1ccccn1)=C(/C)c1ccccn1. The summed E-state index contributed by atoms with van der Waals surface area (Å²) < 4.78 is 0. The van der Waals surface area contributed by atoms with Crippen molar-refractivity contribution in [3.8, 4) is 0 Å². The van der Waals surface area contributed by atoms with Crippen molar-refractivity contribution >= 4 is 30.3 Å². The van der Waals surface area contributed by atoms with Crippen LogP contribution in [0.2, 0.25) is 0 Å². The van der Waals surface area contributed by atoms with Gasteiger partial charge in [0.25, 0.3) is 0 Å². The first-order chi connectivity index (χ1) is 13.0. The summed E-state index contributed by atoms with van der Waals surface area (Å²) in [4.78, 5) is 13.9. The Hall–Kier alpha value is -2.32. The third-order valence-electron chi connectivity index (χ3n) is 5.16. The molecule has 5 heteroatoms. The summed E-state index contributed by atoms with van der Waals surface area (Å²) >= 11 is 0. The summed E-state index contributed by atoms with van der Waals surface area (Å²) in [7, 11) is -1.78. The monoisotopic (exact) mass is 375 g/mol. The maximum absolute atomic E-state index is 4.70. The zero-order valence-electron chi connectivity index (χ0n) is 16.6. The summed E-state index contributed by atoms with van der Waals surface area (Å²) in [6, 6.07) is 18.5. The molecule has 3 nitrogen and oxygen atoms in total. The number of aromatic nitrogens is 3. The molecule has 0 N–H and O–H groups in total. The number of allylic oxidation sites excluding steroid dienone is 2. The molecule has 0 aliphatic heterocycles. The van der Waals surface area contributed by atoms with E-state index in [2.05, 4.69) is 62.5 Å². The number of nitrogens with zero attached hydrogens (tertiary/aromatic N) is 3. The van der Waals surface area contributed by atoms with Crippen LogP contribution in [0.3, 0.4) is 0 Å². The molecule has 3 rings (SSSR count). The van der Waals surface area contributed by atoms with E-state index in [4.69, 9.17) is 9.97 Å². The average molecular weight is 375 g/mol. The van der Waals surface area contributed by atoms with Gasteiger partial charge < -0.3 is 0 Å². The zero-order valence-corrected chi connectivity index (χ0v) is 17.6. The molecule has 0 fully saturated rings. The molecule has 0 saturated heterocycles. The standard InChI is InChI=1S/C22H27BN3P/c1-18(19(2)20-11-5-8-14-24-20)17-27(3,4)23(21-12-6-9-15-25-21)22-13-7-10-16-26-22/h5-16,27H,17H2,1-4H3/b19-18+. The fourth-order valence-electron chi connectivity index (χ4n) is 3.77. The van der Waals surface area contributed by atoms with Crippen molar-refractivity contribution < 1.29 is 0 Å². The minimum absolute atomic E-state index is 0.256. The summed E-state index contributed by atoms with van der Waals surface area (Å²) in [6.07, 6.45) is 6.97. The van der Waals surface area contributed by atoms with Crippen LogP contribution in [-0.4, -0.2) is 40.9 Å². The molecule has 3 aromatic rings. The Kier molecular flexibility index (Phi) is 6.18. The van der Waals surface area contributed by atoms with Crippen molar-refractivity contribution in [3.05, 3.63) is 84.5 Å². The van der Waals surface area contributed by atoms with Gasteiger partial charge in [-0.1, -0.05) is 0 Å². The van der Waals surface area contributed by atoms with Crippen LogP contribution in [-0.2, 0) is 0 Å². The molecular formula is C22H27BN3P. The van der Waals surface area contributed by atoms with E-state index in [0.29, 0.717) is 0 Å². The summed E-state index contributed by atoms with van der Waals surface area (Å²) in [6.45, 7) is 9.30. The number of hydrogen-bond donors (Lipinski definition) is 0. The van der Waals surface area contributed by atoms with E-state index in [0.717, 1.165) is 23.0 Å². The van der Waals surface area contributed by atoms with E-state index in [1.54, 1.807) is 0 Å². The molecule has 0 aliphatic rings. The average Bonchev–Trinajstić information content (AvgIpc) is 2.69. The van der Waals surface area contributed by atoms with Crippen molar-refractivity contribution in [2.24, 2.45) is 0 Å². The fraction of sp³-hybridized carbons (Fsp3) is 0.227. The first-order valence-corrected chi connectivity index (χ1v) is 12.7. The van der Waals surface area contributed by atoms with Crippen molar-refractivity contribution in [1.82, 2.24) is 15.0 Å². The Morgan fingerprint density at radius 2 is 1.30 bits per heavy atom. The van der Waals surface area contributed by atoms with Crippen LogP contribution < -0.4 is 11.2 Å². The van der Waals surface area contributed by atoms with Crippen LogP contribution in [0, 0.1) is 0 Å². The van der Waals surface area contributed by atoms with Crippen LogP contribution in [0.1, 0.15) is 19.5 Å². The van der Waals surface area contributed by atoms with Gasteiger partial charge in [0.15, 0.2) is 0 Å². The summed E-state index contributed by atoms with van der Waals surface area (Å²) in [5.41, 5.74) is 5.98. The fourth-order valence-corrected chi connectivity index (χ4v) is 7.55. The maximum atomic E-state index is 4.70. The van der Waals surface area contributed by atoms with Crippen LogP contribution in [0.25, 0.3) is 5.57 Å². The molecule has 3 aromatic heterocycles. The van der Waals surface area contributed by atoms with E-state index in [-0.39, 0.29) is 6.43 Å². The molecule has 0 radical (unpaired) electrons. The van der Waals surface area contributed by atoms with Gasteiger partial charge in [-0.05, 0) is 0 Å². The molecule has 0 aromatic carbocycles. The summed E-state index contributed by atoms with van der Waals surface area (Å²) in [5, 5.41) is 0. The Morgan fingerprint density at radius 3 is 1.74 bits per heavy atom. The molecule has 0 atom stereocenters. The van der Waals surface area contributed by atoms with Crippen molar-refractivity contribution in [3.63, 3.8) is 0 Å². The molecule has 0 saturated carbocycles. The Morgan fingerprint density at radius 1 is 0.778 bits per heavy atom. The summed E-state index contributed by atoms with van der Waals surface area (Å²) in [5.74, 6) is 0. The Labute approximate surface area is 163 Å². The van der Waals surface area contributed by atoms with E-state index in [9.17, 15) is 0 Å². The molecule has 27 heavy (non-hydrogen) atoms. The van der Waals surface area contributed by atoms with E-state index >= 15 is 0 Å². The quantitative estimate of drug-likeness (QED) is 0.489. The van der Waals surface area contributed by atoms with Crippen LogP contribution in [0.15, 0.2) is 78.8 Å². The van der Waals surface area contributed by atoms with Crippen LogP contribution in [0.4, 0.5) is 0 Å². The van der Waals surface area contributed by atoms with Crippen molar-refractivity contribution in [2.75, 3.05) is 19.5 Å². The first-order valence-electron chi connectivity index (χ1n) is 9.38. The number of pyridine rings is 3. The molecule has 0 bridgehead atoms. The van der Waals surface area contributed by atoms with Crippen LogP contribution >= 0.6 is 7.14 Å². The predicted octanol–water partition coefficient (Wildman–Crippen LogP) is 3.48. The third-order valence-corrected chi connectivity index (χ3v) is 8.75. The van der Waals surface area contributed by atoms with Gasteiger partial charge in [-0.2, -0.15) is 0 Å². The van der Waals surface area contributed by atoms with Gasteiger partial charge in [-0.3, -0.25) is 0 Å². The molecule has 0 amide bonds. The normalized spacial score (nSPS) is 13.0. The van der Waals surface area contributed by atoms with Gasteiger partial charge >= 0.3 is 163 Å². The molecule has 3 heterocycles. The second kappa shape index (κ2) is 8.58. The van der Waals surface area contributed by atoms with E-state index in [1.165, 1.54) is 11.1 Å². The van der Waals surface area contributed by atoms with Gasteiger partial charge in [0, 0.05) is 0 Å². The van der Waals surface area contributed by atoms with E-state index < -0.39 is 7.14 Å². The van der Waals surface area contributed by atoms with Gasteiger partial charge in [0.05, 0.1) is 0 Å². The van der Waals surface area contributed by atoms with Crippen molar-refractivity contribution in [1.29, 1.82) is 0 Å². The van der Waals surface area contributed by atoms with Crippen LogP contribution in [0.5, 0.6) is 0 Å². The number of rotatable bonds is 6. The Balaban J connectivity index is 1.98. The minimum atomic E-state index is -1.78. The van der Waals surface area contributed by atoms with Gasteiger partial charge in [-0.25, -0.2) is 0 Å². The molecule has 0 spiro atoms. The van der Waals surface area contributed by atoms with E-state index in [1.807, 2.05) is 42.9 Å². The first kappa shape index (κ1) is 19.4. The third kappa shape index (κ3) is 4.70. The molecule has 138 valence electrons.